The lowest BCUT2D eigenvalue weighted by Crippen LogP contribution is -2.47. The number of hydrogen-bond donors (Lipinski definition) is 2. The number of piperidine rings is 1. The second-order valence-electron chi connectivity index (χ2n) is 7.53. The molecule has 166 valence electrons. The molecule has 9 heteroatoms. The van der Waals surface area contributed by atoms with Crippen molar-refractivity contribution in [3.8, 4) is 0 Å². The highest BCUT2D eigenvalue weighted by molar-refractivity contribution is 7.82. The zero-order valence-electron chi connectivity index (χ0n) is 17.5. The van der Waals surface area contributed by atoms with E-state index in [1.54, 1.807) is 30.5 Å². The van der Waals surface area contributed by atoms with Crippen molar-refractivity contribution < 1.29 is 14.3 Å². The van der Waals surface area contributed by atoms with Crippen molar-refractivity contribution in [1.82, 2.24) is 10.3 Å². The van der Waals surface area contributed by atoms with Gasteiger partial charge in [0.2, 0.25) is 0 Å². The first kappa shape index (κ1) is 22.2. The monoisotopic (exact) mass is 470 g/mol. The Bertz CT molecular complexity index is 1130. The molecule has 0 aliphatic carbocycles. The number of nitrogens with zero attached hydrogens (tertiary/aromatic N) is 3. The van der Waals surface area contributed by atoms with E-state index in [0.29, 0.717) is 16.3 Å². The van der Waals surface area contributed by atoms with E-state index in [9.17, 15) is 9.59 Å². The molecule has 4 rings (SSSR count). The number of urea groups is 1. The molecule has 7 nitrogen and oxygen atoms in total. The Morgan fingerprint density at radius 1 is 1.16 bits per heavy atom. The molecule has 0 radical (unpaired) electrons. The summed E-state index contributed by atoms with van der Waals surface area (Å²) in [5.74, 6) is -0.428. The summed E-state index contributed by atoms with van der Waals surface area (Å²) in [6.07, 6.45) is 3.39. The highest BCUT2D eigenvalue weighted by atomic mass is 35.5. The average Bonchev–Trinajstić information content (AvgIpc) is 2.83. The van der Waals surface area contributed by atoms with E-state index >= 15 is 0 Å². The van der Waals surface area contributed by atoms with Crippen molar-refractivity contribution in [3.05, 3.63) is 65.3 Å². The third-order valence-corrected chi connectivity index (χ3v) is 6.30. The Kier molecular flexibility index (Phi) is 6.72. The summed E-state index contributed by atoms with van der Waals surface area (Å²) >= 11 is 10.6. The molecule has 1 aliphatic rings. The summed E-state index contributed by atoms with van der Waals surface area (Å²) in [6, 6.07) is 14.0. The molecule has 0 spiro atoms. The second kappa shape index (κ2) is 9.67. The number of methoxy groups -OCH3 is 1. The fraction of sp³-hybridized carbons (Fsp3) is 0.261. The lowest BCUT2D eigenvalue weighted by molar-refractivity contribution is 0.0600. The van der Waals surface area contributed by atoms with Crippen molar-refractivity contribution in [1.29, 1.82) is 0 Å². The number of carbonyl (C=O) groups is 2. The van der Waals surface area contributed by atoms with Crippen LogP contribution in [0.15, 0.2) is 54.7 Å². The summed E-state index contributed by atoms with van der Waals surface area (Å²) in [4.78, 5) is 30.9. The summed E-state index contributed by atoms with van der Waals surface area (Å²) in [6.45, 7) is 1.61. The van der Waals surface area contributed by atoms with Crippen LogP contribution in [0.5, 0.6) is 0 Å². The van der Waals surface area contributed by atoms with E-state index in [1.807, 2.05) is 24.3 Å². The van der Waals surface area contributed by atoms with Crippen LogP contribution in [0.3, 0.4) is 0 Å². The number of hydrogen-bond acceptors (Lipinski definition) is 6. The zero-order valence-corrected chi connectivity index (χ0v) is 19.1. The number of nitrogens with one attached hydrogen (secondary N) is 1. The maximum absolute atomic E-state index is 12.7. The SMILES string of the molecule is COC(=O)c1ccc(N(S)C(=O)NC2CCN(c3ccnc4c(Cl)cccc34)CC2)cc1. The average molecular weight is 471 g/mol. The van der Waals surface area contributed by atoms with Gasteiger partial charge in [-0.15, -0.1) is 0 Å². The van der Waals surface area contributed by atoms with Gasteiger partial charge in [0, 0.05) is 36.4 Å². The number of aromatic nitrogens is 1. The lowest BCUT2D eigenvalue weighted by Gasteiger charge is -2.35. The van der Waals surface area contributed by atoms with Gasteiger partial charge < -0.3 is 15.0 Å². The number of fused-ring (bicyclic) bond motifs is 1. The largest absolute Gasteiger partial charge is 0.465 e. The van der Waals surface area contributed by atoms with Crippen LogP contribution in [-0.4, -0.2) is 43.2 Å². The van der Waals surface area contributed by atoms with Crippen LogP contribution < -0.4 is 14.5 Å². The van der Waals surface area contributed by atoms with Gasteiger partial charge in [-0.25, -0.2) is 13.9 Å². The van der Waals surface area contributed by atoms with E-state index in [0.717, 1.165) is 42.5 Å². The molecule has 0 bridgehead atoms. The molecule has 0 saturated carbocycles. The minimum Gasteiger partial charge on any atom is -0.465 e. The van der Waals surface area contributed by atoms with Crippen LogP contribution in [0.2, 0.25) is 5.02 Å². The predicted molar refractivity (Wildman–Crippen MR) is 130 cm³/mol. The van der Waals surface area contributed by atoms with Crippen LogP contribution in [0.1, 0.15) is 23.2 Å². The molecule has 0 unspecified atom stereocenters. The maximum Gasteiger partial charge on any atom is 0.337 e. The summed E-state index contributed by atoms with van der Waals surface area (Å²) in [5.41, 5.74) is 2.88. The van der Waals surface area contributed by atoms with Gasteiger partial charge in [0.05, 0.1) is 28.9 Å². The van der Waals surface area contributed by atoms with Gasteiger partial charge in [-0.05, 0) is 49.2 Å². The first-order chi connectivity index (χ1) is 15.5. The number of rotatable bonds is 4. The van der Waals surface area contributed by atoms with Crippen molar-refractivity contribution in [2.75, 3.05) is 29.4 Å². The normalized spacial score (nSPS) is 14.3. The number of carbonyl (C=O) groups excluding carboxylic acids is 2. The summed E-state index contributed by atoms with van der Waals surface area (Å²) < 4.78 is 5.93. The fourth-order valence-corrected chi connectivity index (χ4v) is 4.29. The van der Waals surface area contributed by atoms with Gasteiger partial charge in [0.25, 0.3) is 0 Å². The number of anilines is 2. The van der Waals surface area contributed by atoms with Crippen LogP contribution >= 0.6 is 24.4 Å². The van der Waals surface area contributed by atoms with Gasteiger partial charge in [-0.2, -0.15) is 0 Å². The molecule has 1 saturated heterocycles. The van der Waals surface area contributed by atoms with Crippen molar-refractivity contribution in [2.45, 2.75) is 18.9 Å². The Morgan fingerprint density at radius 2 is 1.88 bits per heavy atom. The minimum absolute atomic E-state index is 0.0411. The van der Waals surface area contributed by atoms with E-state index in [1.165, 1.54) is 11.4 Å². The molecule has 0 atom stereocenters. The molecule has 2 aromatic carbocycles. The Hall–Kier alpha value is -2.97. The van der Waals surface area contributed by atoms with Crippen molar-refractivity contribution in [2.24, 2.45) is 0 Å². The molecule has 2 amide bonds. The second-order valence-corrected chi connectivity index (χ2v) is 8.33. The van der Waals surface area contributed by atoms with Crippen LogP contribution in [0, 0.1) is 0 Å². The summed E-state index contributed by atoms with van der Waals surface area (Å²) in [5, 5.41) is 4.71. The Balaban J connectivity index is 1.36. The quantitative estimate of drug-likeness (QED) is 0.427. The van der Waals surface area contributed by atoms with Gasteiger partial charge >= 0.3 is 12.0 Å². The maximum atomic E-state index is 12.7. The number of ether oxygens (including phenoxy) is 1. The Morgan fingerprint density at radius 3 is 2.56 bits per heavy atom. The first-order valence-electron chi connectivity index (χ1n) is 10.2. The molecule has 1 aliphatic heterocycles. The van der Waals surface area contributed by atoms with E-state index in [-0.39, 0.29) is 12.1 Å². The number of halogens is 1. The van der Waals surface area contributed by atoms with E-state index < -0.39 is 5.97 Å². The summed E-state index contributed by atoms with van der Waals surface area (Å²) in [7, 11) is 1.33. The standard InChI is InChI=1S/C23H23ClN4O3S/c1-31-22(29)15-5-7-17(8-6-15)28(32)23(30)26-16-10-13-27(14-11-16)20-9-12-25-21-18(20)3-2-4-19(21)24/h2-9,12,16,32H,10-11,13-14H2,1H3,(H,26,30). The van der Waals surface area contributed by atoms with Crippen LogP contribution in [-0.2, 0) is 4.74 Å². The highest BCUT2D eigenvalue weighted by Gasteiger charge is 2.24. The van der Waals surface area contributed by atoms with E-state index in [4.69, 9.17) is 11.6 Å². The highest BCUT2D eigenvalue weighted by Crippen LogP contribution is 2.31. The minimum atomic E-state index is -0.428. The molecule has 32 heavy (non-hydrogen) atoms. The molecule has 2 heterocycles. The number of para-hydroxylation sites is 1. The first-order valence-corrected chi connectivity index (χ1v) is 11.0. The topological polar surface area (TPSA) is 74.8 Å². The van der Waals surface area contributed by atoms with E-state index in [2.05, 4.69) is 32.8 Å². The van der Waals surface area contributed by atoms with Gasteiger partial charge in [0.15, 0.2) is 0 Å². The number of pyridine rings is 1. The lowest BCUT2D eigenvalue weighted by atomic mass is 10.0. The van der Waals surface area contributed by atoms with Crippen molar-refractivity contribution >= 4 is 58.7 Å². The predicted octanol–water partition coefficient (Wildman–Crippen LogP) is 4.70. The fourth-order valence-electron chi connectivity index (χ4n) is 3.88. The molecular formula is C23H23ClN4O3S. The number of amides is 2. The third-order valence-electron chi connectivity index (χ3n) is 5.59. The zero-order chi connectivity index (χ0) is 22.7. The van der Waals surface area contributed by atoms with Gasteiger partial charge in [-0.1, -0.05) is 36.5 Å². The molecule has 1 aromatic heterocycles. The van der Waals surface area contributed by atoms with Crippen molar-refractivity contribution in [3.63, 3.8) is 0 Å². The molecule has 3 aromatic rings. The molecular weight excluding hydrogens is 448 g/mol. The third kappa shape index (κ3) is 4.61. The molecule has 1 N–H and O–H groups in total. The van der Waals surface area contributed by atoms with Gasteiger partial charge in [0.1, 0.15) is 0 Å². The Labute approximate surface area is 196 Å². The molecule has 1 fully saturated rings. The number of thiol groups is 1. The number of benzene rings is 2. The van der Waals surface area contributed by atoms with Crippen LogP contribution in [0.4, 0.5) is 16.2 Å². The van der Waals surface area contributed by atoms with Crippen LogP contribution in [0.25, 0.3) is 10.9 Å². The smallest absolute Gasteiger partial charge is 0.337 e. The van der Waals surface area contributed by atoms with Gasteiger partial charge in [-0.3, -0.25) is 4.98 Å². The number of esters is 1.